The van der Waals surface area contributed by atoms with E-state index in [4.69, 9.17) is 0 Å². The molecule has 4 rings (SSSR count). The predicted molar refractivity (Wildman–Crippen MR) is 108 cm³/mol. The van der Waals surface area contributed by atoms with Crippen LogP contribution in [0, 0.1) is 0 Å². The summed E-state index contributed by atoms with van der Waals surface area (Å²) >= 11 is 5.13. The number of fused-ring (bicyclic) bond motifs is 1. The highest BCUT2D eigenvalue weighted by Crippen LogP contribution is 2.37. The Morgan fingerprint density at radius 2 is 2.16 bits per heavy atom. The van der Waals surface area contributed by atoms with Crippen molar-refractivity contribution >= 4 is 46.0 Å². The van der Waals surface area contributed by atoms with Crippen LogP contribution in [-0.4, -0.2) is 22.7 Å². The van der Waals surface area contributed by atoms with E-state index in [1.807, 2.05) is 34.2 Å². The molecule has 6 heteroatoms. The van der Waals surface area contributed by atoms with Crippen LogP contribution < -0.4 is 4.90 Å². The number of nitrogens with zero attached hydrogens (tertiary/aromatic N) is 2. The molecule has 0 aliphatic carbocycles. The van der Waals surface area contributed by atoms with Crippen molar-refractivity contribution in [1.29, 1.82) is 0 Å². The minimum Gasteiger partial charge on any atom is -0.311 e. The Balaban J connectivity index is 1.55. The van der Waals surface area contributed by atoms with E-state index >= 15 is 0 Å². The monoisotopic (exact) mass is 386 g/mol. The van der Waals surface area contributed by atoms with Gasteiger partial charge >= 0.3 is 0 Å². The maximum absolute atomic E-state index is 13.0. The largest absolute Gasteiger partial charge is 0.311 e. The molecule has 1 aliphatic heterocycles. The zero-order valence-electron chi connectivity index (χ0n) is 13.8. The first-order chi connectivity index (χ1) is 12.2. The Labute approximate surface area is 159 Å². The average molecular weight is 387 g/mol. The van der Waals surface area contributed by atoms with E-state index in [9.17, 15) is 4.79 Å². The summed E-state index contributed by atoms with van der Waals surface area (Å²) in [5.41, 5.74) is 3.04. The molecule has 1 atom stereocenters. The van der Waals surface area contributed by atoms with Crippen molar-refractivity contribution in [1.82, 2.24) is 4.98 Å². The van der Waals surface area contributed by atoms with Gasteiger partial charge in [0.25, 0.3) is 0 Å². The number of para-hydroxylation sites is 1. The summed E-state index contributed by atoms with van der Waals surface area (Å²) in [6.45, 7) is 2.99. The molecule has 0 bridgehead atoms. The minimum absolute atomic E-state index is 0.129. The predicted octanol–water partition coefficient (Wildman–Crippen LogP) is 5.33. The molecule has 0 fully saturated rings. The van der Waals surface area contributed by atoms with Crippen LogP contribution in [0.5, 0.6) is 0 Å². The van der Waals surface area contributed by atoms with E-state index in [0.717, 1.165) is 34.9 Å². The zero-order chi connectivity index (χ0) is 17.2. The smallest absolute Gasteiger partial charge is 0.233 e. The lowest BCUT2D eigenvalue weighted by molar-refractivity contribution is -0.118. The highest BCUT2D eigenvalue weighted by atomic mass is 32.2. The van der Waals surface area contributed by atoms with E-state index in [0.29, 0.717) is 11.7 Å². The summed E-state index contributed by atoms with van der Waals surface area (Å²) in [7, 11) is 0. The number of hydrogen-bond acceptors (Lipinski definition) is 5. The quantitative estimate of drug-likeness (QED) is 0.610. The van der Waals surface area contributed by atoms with Crippen molar-refractivity contribution in [3.8, 4) is 10.6 Å². The SMILES string of the molecule is CC1CCN(C(=O)Cc2csc(-c3ccsc3)n2)c2ccccc2S1. The fraction of sp³-hybridized carbons (Fsp3) is 0.263. The van der Waals surface area contributed by atoms with Crippen molar-refractivity contribution in [3.05, 3.63) is 52.2 Å². The maximum atomic E-state index is 13.0. The number of aromatic nitrogens is 1. The molecule has 128 valence electrons. The molecule has 1 aliphatic rings. The molecule has 0 spiro atoms. The van der Waals surface area contributed by atoms with Crippen LogP contribution in [0.4, 0.5) is 5.69 Å². The number of thiazole rings is 1. The van der Waals surface area contributed by atoms with Gasteiger partial charge in [-0.15, -0.1) is 23.1 Å². The molecular weight excluding hydrogens is 368 g/mol. The van der Waals surface area contributed by atoms with Gasteiger partial charge in [-0.3, -0.25) is 4.79 Å². The molecule has 1 amide bonds. The number of carbonyl (C=O) groups excluding carboxylic acids is 1. The number of thiophene rings is 1. The first-order valence-electron chi connectivity index (χ1n) is 8.24. The molecule has 1 aromatic carbocycles. The van der Waals surface area contributed by atoms with Crippen LogP contribution in [-0.2, 0) is 11.2 Å². The maximum Gasteiger partial charge on any atom is 0.233 e. The minimum atomic E-state index is 0.129. The van der Waals surface area contributed by atoms with Crippen molar-refractivity contribution in [3.63, 3.8) is 0 Å². The van der Waals surface area contributed by atoms with Gasteiger partial charge in [-0.25, -0.2) is 4.98 Å². The Bertz CT molecular complexity index is 872. The van der Waals surface area contributed by atoms with Crippen molar-refractivity contribution < 1.29 is 4.79 Å². The van der Waals surface area contributed by atoms with E-state index in [1.54, 1.807) is 22.7 Å². The van der Waals surface area contributed by atoms with Gasteiger partial charge in [0.1, 0.15) is 5.01 Å². The van der Waals surface area contributed by atoms with Gasteiger partial charge in [-0.2, -0.15) is 11.3 Å². The fourth-order valence-electron chi connectivity index (χ4n) is 2.90. The lowest BCUT2D eigenvalue weighted by Crippen LogP contribution is -2.33. The van der Waals surface area contributed by atoms with Gasteiger partial charge in [-0.1, -0.05) is 19.1 Å². The lowest BCUT2D eigenvalue weighted by atomic mass is 10.2. The van der Waals surface area contributed by atoms with Crippen LogP contribution in [0.15, 0.2) is 51.4 Å². The lowest BCUT2D eigenvalue weighted by Gasteiger charge is -2.22. The summed E-state index contributed by atoms with van der Waals surface area (Å²) in [6.07, 6.45) is 1.36. The molecule has 1 unspecified atom stereocenters. The van der Waals surface area contributed by atoms with Crippen molar-refractivity contribution in [2.24, 2.45) is 0 Å². The molecule has 3 nitrogen and oxygen atoms in total. The van der Waals surface area contributed by atoms with E-state index in [-0.39, 0.29) is 5.91 Å². The summed E-state index contributed by atoms with van der Waals surface area (Å²) in [5.74, 6) is 0.129. The molecule has 3 heterocycles. The van der Waals surface area contributed by atoms with Gasteiger partial charge in [0.2, 0.25) is 5.91 Å². The van der Waals surface area contributed by atoms with Crippen LogP contribution >= 0.6 is 34.4 Å². The molecular formula is C19H18N2OS3. The average Bonchev–Trinajstić information content (AvgIpc) is 3.25. The fourth-order valence-corrected chi connectivity index (χ4v) is 5.55. The number of thioether (sulfide) groups is 1. The standard InChI is InChI=1S/C19H18N2OS3/c1-13-6-8-21(16-4-2-3-5-17(16)25-13)18(22)10-15-12-24-19(20-15)14-7-9-23-11-14/h2-5,7,9,11-13H,6,8,10H2,1H3. The van der Waals surface area contributed by atoms with Crippen LogP contribution in [0.1, 0.15) is 19.0 Å². The topological polar surface area (TPSA) is 33.2 Å². The Hall–Kier alpha value is -1.63. The van der Waals surface area contributed by atoms with Crippen LogP contribution in [0.3, 0.4) is 0 Å². The first kappa shape index (κ1) is 16.8. The second-order valence-corrected chi connectivity index (χ2v) is 9.18. The zero-order valence-corrected chi connectivity index (χ0v) is 16.3. The van der Waals surface area contributed by atoms with Gasteiger partial charge in [0.15, 0.2) is 0 Å². The van der Waals surface area contributed by atoms with E-state index in [1.165, 1.54) is 4.90 Å². The van der Waals surface area contributed by atoms with Gasteiger partial charge in [-0.05, 0) is 30.0 Å². The number of amides is 1. The highest BCUT2D eigenvalue weighted by molar-refractivity contribution is 8.00. The third-order valence-electron chi connectivity index (χ3n) is 4.20. The van der Waals surface area contributed by atoms with Crippen LogP contribution in [0.25, 0.3) is 10.6 Å². The third-order valence-corrected chi connectivity index (χ3v) is 7.06. The van der Waals surface area contributed by atoms with Gasteiger partial charge in [0, 0.05) is 33.0 Å². The van der Waals surface area contributed by atoms with E-state index < -0.39 is 0 Å². The number of benzene rings is 1. The number of rotatable bonds is 3. The van der Waals surface area contributed by atoms with Gasteiger partial charge in [0.05, 0.1) is 17.8 Å². The molecule has 2 aromatic heterocycles. The number of anilines is 1. The molecule has 3 aromatic rings. The summed E-state index contributed by atoms with van der Waals surface area (Å²) in [5, 5.41) is 7.65. The molecule has 0 saturated heterocycles. The van der Waals surface area contributed by atoms with Crippen molar-refractivity contribution in [2.75, 3.05) is 11.4 Å². The molecule has 25 heavy (non-hydrogen) atoms. The Morgan fingerprint density at radius 1 is 1.28 bits per heavy atom. The van der Waals surface area contributed by atoms with E-state index in [2.05, 4.69) is 40.9 Å². The normalized spacial score (nSPS) is 17.2. The first-order valence-corrected chi connectivity index (χ1v) is 10.9. The third kappa shape index (κ3) is 3.66. The Kier molecular flexibility index (Phi) is 4.92. The van der Waals surface area contributed by atoms with Crippen LogP contribution in [0.2, 0.25) is 0 Å². The molecule has 0 N–H and O–H groups in total. The Morgan fingerprint density at radius 3 is 3.00 bits per heavy atom. The second kappa shape index (κ2) is 7.32. The highest BCUT2D eigenvalue weighted by Gasteiger charge is 2.24. The summed E-state index contributed by atoms with van der Waals surface area (Å²) < 4.78 is 0. The molecule has 0 saturated carbocycles. The summed E-state index contributed by atoms with van der Waals surface area (Å²) in [6, 6.07) is 10.3. The molecule has 0 radical (unpaired) electrons. The number of carbonyl (C=O) groups is 1. The second-order valence-electron chi connectivity index (χ2n) is 6.06. The van der Waals surface area contributed by atoms with Crippen molar-refractivity contribution in [2.45, 2.75) is 29.9 Å². The summed E-state index contributed by atoms with van der Waals surface area (Å²) in [4.78, 5) is 20.8. The number of hydrogen-bond donors (Lipinski definition) is 0. The van der Waals surface area contributed by atoms with Gasteiger partial charge < -0.3 is 4.90 Å².